The molecule has 0 radical (unpaired) electrons. The second kappa shape index (κ2) is 6.74. The smallest absolute Gasteiger partial charge is 0.336 e. The highest BCUT2D eigenvalue weighted by Gasteiger charge is 2.12. The molecule has 5 heteroatoms. The summed E-state index contributed by atoms with van der Waals surface area (Å²) >= 11 is 0. The molecule has 2 aromatic carbocycles. The van der Waals surface area contributed by atoms with E-state index in [0.29, 0.717) is 23.7 Å². The number of carboxylic acids is 1. The molecule has 0 aliphatic carbocycles. The van der Waals surface area contributed by atoms with Crippen LogP contribution in [0, 0.1) is 5.82 Å². The highest BCUT2D eigenvalue weighted by atomic mass is 19.1. The SMILES string of the molecule is CCOc1cccc(OCc2ccc(F)cc2C(=O)O)c1. The summed E-state index contributed by atoms with van der Waals surface area (Å²) in [4.78, 5) is 11.1. The molecule has 2 aromatic rings. The topological polar surface area (TPSA) is 55.8 Å². The van der Waals surface area contributed by atoms with Crippen molar-refractivity contribution in [3.63, 3.8) is 0 Å². The van der Waals surface area contributed by atoms with Gasteiger partial charge in [-0.2, -0.15) is 0 Å². The number of benzene rings is 2. The van der Waals surface area contributed by atoms with Crippen LogP contribution in [-0.4, -0.2) is 17.7 Å². The number of carbonyl (C=O) groups is 1. The zero-order valence-corrected chi connectivity index (χ0v) is 11.5. The third-order valence-electron chi connectivity index (χ3n) is 2.81. The predicted octanol–water partition coefficient (Wildman–Crippen LogP) is 3.50. The molecule has 0 saturated heterocycles. The minimum Gasteiger partial charge on any atom is -0.494 e. The number of aromatic carboxylic acids is 1. The van der Waals surface area contributed by atoms with E-state index in [1.165, 1.54) is 12.1 Å². The van der Waals surface area contributed by atoms with E-state index in [-0.39, 0.29) is 12.2 Å². The Morgan fingerprint density at radius 2 is 1.86 bits per heavy atom. The second-order valence-corrected chi connectivity index (χ2v) is 4.30. The molecule has 0 saturated carbocycles. The van der Waals surface area contributed by atoms with Crippen LogP contribution in [-0.2, 0) is 6.61 Å². The van der Waals surface area contributed by atoms with E-state index in [0.717, 1.165) is 6.07 Å². The van der Waals surface area contributed by atoms with E-state index in [1.807, 2.05) is 6.92 Å². The van der Waals surface area contributed by atoms with Crippen molar-refractivity contribution in [3.8, 4) is 11.5 Å². The van der Waals surface area contributed by atoms with Gasteiger partial charge in [0, 0.05) is 11.6 Å². The van der Waals surface area contributed by atoms with Gasteiger partial charge in [-0.3, -0.25) is 0 Å². The van der Waals surface area contributed by atoms with Gasteiger partial charge in [0.2, 0.25) is 0 Å². The monoisotopic (exact) mass is 290 g/mol. The van der Waals surface area contributed by atoms with E-state index in [1.54, 1.807) is 24.3 Å². The van der Waals surface area contributed by atoms with Crippen molar-refractivity contribution in [2.45, 2.75) is 13.5 Å². The van der Waals surface area contributed by atoms with Gasteiger partial charge >= 0.3 is 5.97 Å². The van der Waals surface area contributed by atoms with Crippen LogP contribution in [0.2, 0.25) is 0 Å². The summed E-state index contributed by atoms with van der Waals surface area (Å²) in [6.45, 7) is 2.47. The fourth-order valence-electron chi connectivity index (χ4n) is 1.86. The lowest BCUT2D eigenvalue weighted by Crippen LogP contribution is -2.06. The largest absolute Gasteiger partial charge is 0.494 e. The standard InChI is InChI=1S/C16H15FO4/c1-2-20-13-4-3-5-14(9-13)21-10-11-6-7-12(17)8-15(11)16(18)19/h3-9H,2,10H2,1H3,(H,18,19). The summed E-state index contributed by atoms with van der Waals surface area (Å²) in [7, 11) is 0. The third-order valence-corrected chi connectivity index (χ3v) is 2.81. The molecule has 0 fully saturated rings. The predicted molar refractivity (Wildman–Crippen MR) is 75.3 cm³/mol. The molecule has 110 valence electrons. The lowest BCUT2D eigenvalue weighted by atomic mass is 10.1. The first-order valence-corrected chi connectivity index (χ1v) is 6.47. The molecule has 1 N–H and O–H groups in total. The van der Waals surface area contributed by atoms with Gasteiger partial charge in [0.25, 0.3) is 0 Å². The molecule has 4 nitrogen and oxygen atoms in total. The van der Waals surface area contributed by atoms with E-state index >= 15 is 0 Å². The fourth-order valence-corrected chi connectivity index (χ4v) is 1.86. The molecule has 0 aromatic heterocycles. The molecule has 0 aliphatic rings. The van der Waals surface area contributed by atoms with Crippen LogP contribution in [0.5, 0.6) is 11.5 Å². The normalized spacial score (nSPS) is 10.2. The molecule has 21 heavy (non-hydrogen) atoms. The van der Waals surface area contributed by atoms with Gasteiger partial charge in [-0.05, 0) is 31.2 Å². The van der Waals surface area contributed by atoms with Gasteiger partial charge in [-0.15, -0.1) is 0 Å². The Morgan fingerprint density at radius 1 is 1.14 bits per heavy atom. The van der Waals surface area contributed by atoms with Crippen molar-refractivity contribution in [3.05, 3.63) is 59.4 Å². The summed E-state index contributed by atoms with van der Waals surface area (Å²) < 4.78 is 24.0. The highest BCUT2D eigenvalue weighted by Crippen LogP contribution is 2.21. The summed E-state index contributed by atoms with van der Waals surface area (Å²) in [5, 5.41) is 9.06. The van der Waals surface area contributed by atoms with Crippen molar-refractivity contribution in [1.29, 1.82) is 0 Å². The average molecular weight is 290 g/mol. The minimum atomic E-state index is -1.18. The minimum absolute atomic E-state index is 0.0392. The molecule has 0 heterocycles. The summed E-state index contributed by atoms with van der Waals surface area (Å²) in [5.74, 6) is -0.542. The molecule has 0 spiro atoms. The van der Waals surface area contributed by atoms with Crippen LogP contribution >= 0.6 is 0 Å². The van der Waals surface area contributed by atoms with E-state index in [2.05, 4.69) is 0 Å². The average Bonchev–Trinajstić information content (AvgIpc) is 2.46. The number of halogens is 1. The zero-order chi connectivity index (χ0) is 15.2. The number of rotatable bonds is 6. The lowest BCUT2D eigenvalue weighted by molar-refractivity contribution is 0.0693. The zero-order valence-electron chi connectivity index (χ0n) is 11.5. The van der Waals surface area contributed by atoms with Crippen LogP contribution in [0.3, 0.4) is 0 Å². The molecule has 0 aliphatic heterocycles. The molecule has 2 rings (SSSR count). The Kier molecular flexibility index (Phi) is 4.77. The maximum Gasteiger partial charge on any atom is 0.336 e. The second-order valence-electron chi connectivity index (χ2n) is 4.30. The molecule has 0 unspecified atom stereocenters. The van der Waals surface area contributed by atoms with Crippen LogP contribution in [0.1, 0.15) is 22.8 Å². The van der Waals surface area contributed by atoms with Gasteiger partial charge in [-0.25, -0.2) is 9.18 Å². The van der Waals surface area contributed by atoms with Crippen molar-refractivity contribution < 1.29 is 23.8 Å². The maximum atomic E-state index is 13.1. The summed E-state index contributed by atoms with van der Waals surface area (Å²) in [6, 6.07) is 10.6. The van der Waals surface area contributed by atoms with Crippen molar-refractivity contribution in [2.24, 2.45) is 0 Å². The summed E-state index contributed by atoms with van der Waals surface area (Å²) in [5.41, 5.74) is 0.307. The quantitative estimate of drug-likeness (QED) is 0.884. The van der Waals surface area contributed by atoms with Crippen LogP contribution in [0.25, 0.3) is 0 Å². The van der Waals surface area contributed by atoms with Crippen LogP contribution < -0.4 is 9.47 Å². The number of hydrogen-bond acceptors (Lipinski definition) is 3. The Labute approximate surface area is 121 Å². The summed E-state index contributed by atoms with van der Waals surface area (Å²) in [6.07, 6.45) is 0. The number of hydrogen-bond donors (Lipinski definition) is 1. The highest BCUT2D eigenvalue weighted by molar-refractivity contribution is 5.89. The molecule has 0 amide bonds. The van der Waals surface area contributed by atoms with E-state index < -0.39 is 11.8 Å². The van der Waals surface area contributed by atoms with Gasteiger partial charge < -0.3 is 14.6 Å². The van der Waals surface area contributed by atoms with Gasteiger partial charge in [0.15, 0.2) is 0 Å². The first-order valence-electron chi connectivity index (χ1n) is 6.47. The fraction of sp³-hybridized carbons (Fsp3) is 0.188. The lowest BCUT2D eigenvalue weighted by Gasteiger charge is -2.10. The molecule has 0 atom stereocenters. The van der Waals surface area contributed by atoms with E-state index in [9.17, 15) is 9.18 Å². The van der Waals surface area contributed by atoms with Crippen molar-refractivity contribution in [2.75, 3.05) is 6.61 Å². The van der Waals surface area contributed by atoms with Crippen molar-refractivity contribution in [1.82, 2.24) is 0 Å². The molecular formula is C16H15FO4. The van der Waals surface area contributed by atoms with E-state index in [4.69, 9.17) is 14.6 Å². The molecular weight excluding hydrogens is 275 g/mol. The van der Waals surface area contributed by atoms with Gasteiger partial charge in [0.1, 0.15) is 23.9 Å². The van der Waals surface area contributed by atoms with Crippen LogP contribution in [0.4, 0.5) is 4.39 Å². The van der Waals surface area contributed by atoms with Crippen molar-refractivity contribution >= 4 is 5.97 Å². The maximum absolute atomic E-state index is 13.1. The Morgan fingerprint density at radius 3 is 2.52 bits per heavy atom. The first-order chi connectivity index (χ1) is 10.1. The van der Waals surface area contributed by atoms with Gasteiger partial charge in [0.05, 0.1) is 12.2 Å². The molecule has 0 bridgehead atoms. The van der Waals surface area contributed by atoms with Gasteiger partial charge in [-0.1, -0.05) is 12.1 Å². The third kappa shape index (κ3) is 3.95. The number of ether oxygens (including phenoxy) is 2. The Bertz CT molecular complexity index is 640. The Balaban J connectivity index is 2.13. The number of carboxylic acid groups (broad SMARTS) is 1. The Hall–Kier alpha value is -2.56. The van der Waals surface area contributed by atoms with Crippen LogP contribution in [0.15, 0.2) is 42.5 Å². The first kappa shape index (κ1) is 14.8.